The van der Waals surface area contributed by atoms with Gasteiger partial charge in [0.15, 0.2) is 34.7 Å². The molecule has 0 radical (unpaired) electrons. The summed E-state index contributed by atoms with van der Waals surface area (Å²) < 4.78 is 11.5. The number of aliphatic hydroxyl groups is 1. The maximum Gasteiger partial charge on any atom is 0.245 e. The number of nitrogens with one attached hydrogen (secondary N) is 2. The van der Waals surface area contributed by atoms with Gasteiger partial charge in [0.2, 0.25) is 35.4 Å². The monoisotopic (exact) mass is 1390 g/mol. The van der Waals surface area contributed by atoms with E-state index < -0.39 is 167 Å². The van der Waals surface area contributed by atoms with Crippen molar-refractivity contribution < 1.29 is 71.9 Å². The summed E-state index contributed by atoms with van der Waals surface area (Å²) in [6, 6.07) is -1.50. The van der Waals surface area contributed by atoms with E-state index in [-0.39, 0.29) is 82.3 Å². The van der Waals surface area contributed by atoms with E-state index in [1.165, 1.54) is 60.9 Å². The maximum atomic E-state index is 15.1. The molecular weight excluding hydrogens is 1270 g/mol. The van der Waals surface area contributed by atoms with Crippen LogP contribution in [0.4, 0.5) is 0 Å². The van der Waals surface area contributed by atoms with Crippen molar-refractivity contribution in [3.63, 3.8) is 0 Å². The first-order valence-corrected chi connectivity index (χ1v) is 35.7. The first-order valence-electron chi connectivity index (χ1n) is 35.7. The molecule has 1 aliphatic heterocycles. The van der Waals surface area contributed by atoms with Crippen LogP contribution in [0.5, 0.6) is 0 Å². The number of ether oxygens (including phenoxy) is 1. The van der Waals surface area contributed by atoms with Crippen molar-refractivity contribution in [2.45, 2.75) is 249 Å². The molecule has 99 heavy (non-hydrogen) atoms. The second-order valence-corrected chi connectivity index (χ2v) is 29.3. The molecule has 0 aliphatic carbocycles. The van der Waals surface area contributed by atoms with E-state index in [0.29, 0.717) is 30.7 Å². The summed E-state index contributed by atoms with van der Waals surface area (Å²) in [5, 5.41) is 25.3. The Morgan fingerprint density at radius 3 is 1.80 bits per heavy atom. The van der Waals surface area contributed by atoms with E-state index in [2.05, 4.69) is 25.9 Å². The summed E-state index contributed by atoms with van der Waals surface area (Å²) >= 11 is 0. The van der Waals surface area contributed by atoms with E-state index in [1.807, 2.05) is 60.6 Å². The first kappa shape index (κ1) is 85.9. The van der Waals surface area contributed by atoms with Gasteiger partial charge < -0.3 is 49.4 Å². The zero-order chi connectivity index (χ0) is 74.7. The number of pyridine rings is 1. The molecule has 2 aromatic heterocycles. The highest BCUT2D eigenvalue weighted by Crippen LogP contribution is 2.30. The third-order valence-corrected chi connectivity index (χ3v) is 18.8. The molecular formula is C75H119N9O15. The highest BCUT2D eigenvalue weighted by atomic mass is 16.6. The number of rotatable bonds is 23. The molecule has 24 nitrogen and oxygen atoms in total. The number of aliphatic hydroxyl groups excluding tert-OH is 1. The Morgan fingerprint density at radius 2 is 1.25 bits per heavy atom. The van der Waals surface area contributed by atoms with Crippen LogP contribution in [-0.2, 0) is 68.9 Å². The molecule has 0 spiro atoms. The molecule has 6 amide bonds. The highest BCUT2D eigenvalue weighted by molar-refractivity contribution is 5.99. The standard InChI is InChI=1S/C75H119N9O15/c1-21-23-26-49(13)70(91)56-41-64(88)68(48(11)12)84(20)74(95)54(35-44(3)4)39-63(87)60(37-46(7)8)81(17)73(94)51(15)79-71(92)50(14)38-62(86)59(36-45(5)6)82(18)75(96)55(47(9)10)40-65(89)69(83(19)67(90)30-29-61(85)57(22-2)80-72(56)93)52(16)97-34-25-24-32-77-98-43-53-27-28-58(76-42-53)66-31-33-78-99-66/h21,23,27-28,31-33,42,44-52,54-57,59-60,68-70,91H,22,24-26,29-30,34-41,43H2,1-20H3,(H,79,92)(H,80,93)/b23-21+,77-32+/t49-,50-,51-,52-,54-,55+,56+,57+,59+,60+,68+,69+,70-/m1/s1. The van der Waals surface area contributed by atoms with Crippen molar-refractivity contribution in [2.24, 2.45) is 64.3 Å². The molecule has 24 heteroatoms. The second-order valence-electron chi connectivity index (χ2n) is 29.3. The fraction of sp³-hybridized carbons (Fsp3) is 0.707. The smallest absolute Gasteiger partial charge is 0.245 e. The fourth-order valence-corrected chi connectivity index (χ4v) is 12.9. The van der Waals surface area contributed by atoms with Crippen molar-refractivity contribution >= 4 is 70.6 Å². The minimum Gasteiger partial charge on any atom is -0.392 e. The van der Waals surface area contributed by atoms with Crippen molar-refractivity contribution in [3.8, 4) is 11.5 Å². The molecule has 0 aromatic carbocycles. The molecule has 1 aliphatic rings. The predicted octanol–water partition coefficient (Wildman–Crippen LogP) is 9.23. The van der Waals surface area contributed by atoms with Crippen molar-refractivity contribution in [1.29, 1.82) is 0 Å². The largest absolute Gasteiger partial charge is 0.392 e. The number of unbranched alkanes of at least 4 members (excludes halogenated alkanes) is 1. The molecule has 13 atom stereocenters. The number of hydrogen-bond acceptors (Lipinski definition) is 18. The van der Waals surface area contributed by atoms with E-state index in [9.17, 15) is 53.1 Å². The van der Waals surface area contributed by atoms with Gasteiger partial charge in [0.1, 0.15) is 24.4 Å². The Bertz CT molecular complexity index is 3020. The maximum absolute atomic E-state index is 15.1. The Hall–Kier alpha value is -7.34. The Kier molecular flexibility index (Phi) is 36.5. The number of carbonyl (C=O) groups is 11. The number of amides is 6. The number of Topliss-reactive ketones (excluding diaryl/α,β-unsaturated/α-hetero) is 5. The first-order chi connectivity index (χ1) is 46.5. The van der Waals surface area contributed by atoms with Crippen LogP contribution < -0.4 is 10.6 Å². The number of nitrogens with zero attached hydrogens (tertiary/aromatic N) is 7. The Labute approximate surface area is 588 Å². The third-order valence-electron chi connectivity index (χ3n) is 18.8. The highest BCUT2D eigenvalue weighted by Gasteiger charge is 2.43. The molecule has 3 heterocycles. The molecule has 2 aromatic rings. The third kappa shape index (κ3) is 26.6. The molecule has 0 saturated carbocycles. The number of oxime groups is 1. The number of likely N-dealkylation sites (N-methyl/N-ethyl adjacent to an activating group) is 4. The predicted molar refractivity (Wildman–Crippen MR) is 379 cm³/mol. The summed E-state index contributed by atoms with van der Waals surface area (Å²) in [5.41, 5.74) is 1.38. The molecule has 0 unspecified atom stereocenters. The summed E-state index contributed by atoms with van der Waals surface area (Å²) in [4.78, 5) is 176. The SMILES string of the molecule is C/C=C/C[C@@H](C)[C@@H](O)[C@@H]1CC(=O)[C@H](C(C)C)N(C)C(=O)[C@H](CC(C)C)CC(=O)[C@H](CC(C)C)N(C)C(=O)[C@@H](C)NC(=O)[C@H](C)CC(=O)[C@H](CC(C)C)N(C)C(=O)[C@H](C(C)C)CC(=O)[C@H]([C@@H](C)OCCC/C=N/OCc2ccc(-c3ccno3)nc2)N(C)C(=O)CCC(=O)[C@H](CC)NC1=O. The number of ketones is 5. The summed E-state index contributed by atoms with van der Waals surface area (Å²) in [5.74, 6) is -11.7. The van der Waals surface area contributed by atoms with Gasteiger partial charge in [-0.3, -0.25) is 57.7 Å². The average molecular weight is 1390 g/mol. The second kappa shape index (κ2) is 42.0. The zero-order valence-corrected chi connectivity index (χ0v) is 62.9. The topological polar surface area (TPSA) is 315 Å². The number of aromatic nitrogens is 2. The van der Waals surface area contributed by atoms with Crippen LogP contribution in [0.25, 0.3) is 11.5 Å². The summed E-state index contributed by atoms with van der Waals surface area (Å²) in [6.07, 6.45) is 5.64. The van der Waals surface area contributed by atoms with Gasteiger partial charge in [0.05, 0.1) is 48.5 Å². The minimum absolute atomic E-state index is 0.0680. The van der Waals surface area contributed by atoms with Crippen LogP contribution in [0.1, 0.15) is 200 Å². The van der Waals surface area contributed by atoms with Crippen LogP contribution in [-0.4, -0.2) is 189 Å². The molecule has 3 rings (SSSR count). The average Bonchev–Trinajstić information content (AvgIpc) is 1.20. The number of allylic oxidation sites excluding steroid dienone is 2. The van der Waals surface area contributed by atoms with Crippen LogP contribution in [0.15, 0.2) is 52.4 Å². The fourth-order valence-electron chi connectivity index (χ4n) is 12.9. The van der Waals surface area contributed by atoms with Gasteiger partial charge in [-0.25, -0.2) is 0 Å². The van der Waals surface area contributed by atoms with E-state index >= 15 is 4.79 Å². The van der Waals surface area contributed by atoms with Crippen LogP contribution in [0.2, 0.25) is 0 Å². The molecule has 0 bridgehead atoms. The van der Waals surface area contributed by atoms with Crippen LogP contribution >= 0.6 is 0 Å². The normalized spacial score (nSPS) is 25.1. The number of hydrogen-bond donors (Lipinski definition) is 3. The van der Waals surface area contributed by atoms with Gasteiger partial charge in [0.25, 0.3) is 0 Å². The quantitative estimate of drug-likeness (QED) is 0.0404. The van der Waals surface area contributed by atoms with Gasteiger partial charge >= 0.3 is 0 Å². The van der Waals surface area contributed by atoms with Crippen molar-refractivity contribution in [2.75, 3.05) is 34.8 Å². The van der Waals surface area contributed by atoms with E-state index in [1.54, 1.807) is 86.0 Å². The lowest BCUT2D eigenvalue weighted by Gasteiger charge is -2.36. The van der Waals surface area contributed by atoms with Gasteiger partial charge in [-0.15, -0.1) is 0 Å². The molecule has 1 saturated heterocycles. The minimum atomic E-state index is -1.40. The lowest BCUT2D eigenvalue weighted by molar-refractivity contribution is -0.148. The van der Waals surface area contributed by atoms with E-state index in [4.69, 9.17) is 14.1 Å². The van der Waals surface area contributed by atoms with Gasteiger partial charge in [-0.1, -0.05) is 119 Å². The van der Waals surface area contributed by atoms with Crippen molar-refractivity contribution in [3.05, 3.63) is 48.3 Å². The van der Waals surface area contributed by atoms with Crippen molar-refractivity contribution in [1.82, 2.24) is 40.4 Å². The molecule has 3 N–H and O–H groups in total. The van der Waals surface area contributed by atoms with Gasteiger partial charge in [-0.05, 0) is 107 Å². The van der Waals surface area contributed by atoms with Gasteiger partial charge in [-0.2, -0.15) is 0 Å². The molecule has 1 fully saturated rings. The van der Waals surface area contributed by atoms with Gasteiger partial charge in [0, 0.05) is 115 Å². The Morgan fingerprint density at radius 1 is 0.657 bits per heavy atom. The van der Waals surface area contributed by atoms with Crippen LogP contribution in [0, 0.1) is 59.2 Å². The van der Waals surface area contributed by atoms with Crippen LogP contribution in [0.3, 0.4) is 0 Å². The lowest BCUT2D eigenvalue weighted by atomic mass is 9.82. The van der Waals surface area contributed by atoms with E-state index in [0.717, 1.165) is 5.56 Å². The number of carbonyl (C=O) groups excluding carboxylic acids is 11. The summed E-state index contributed by atoms with van der Waals surface area (Å²) in [6.45, 7) is 28.6. The molecule has 554 valence electrons. The zero-order valence-electron chi connectivity index (χ0n) is 62.9. The summed E-state index contributed by atoms with van der Waals surface area (Å²) in [7, 11) is 5.88. The Balaban J connectivity index is 2.15. The lowest BCUT2D eigenvalue weighted by Crippen LogP contribution is -2.53.